The average Bonchev–Trinajstić information content (AvgIpc) is 2.47. The SMILES string of the molecule is O=C1CN(c2cccc(Cl)c2F)C(=O)C2(CCCCC2)N1. The highest BCUT2D eigenvalue weighted by Gasteiger charge is 2.47. The van der Waals surface area contributed by atoms with Crippen molar-refractivity contribution in [3.63, 3.8) is 0 Å². The zero-order chi connectivity index (χ0) is 15.0. The second-order valence-corrected chi connectivity index (χ2v) is 6.06. The summed E-state index contributed by atoms with van der Waals surface area (Å²) in [4.78, 5) is 26.0. The Balaban J connectivity index is 2.00. The molecule has 1 saturated heterocycles. The number of carbonyl (C=O) groups is 2. The quantitative estimate of drug-likeness (QED) is 0.867. The standard InChI is InChI=1S/C15H16ClFN2O2/c16-10-5-4-6-11(13(10)17)19-9-12(20)18-15(14(19)21)7-2-1-3-8-15/h4-6H,1-3,7-9H2,(H,18,20). The summed E-state index contributed by atoms with van der Waals surface area (Å²) in [5, 5.41) is 2.78. The van der Waals surface area contributed by atoms with Crippen molar-refractivity contribution in [2.45, 2.75) is 37.6 Å². The molecule has 1 heterocycles. The molecule has 3 rings (SSSR count). The first-order valence-electron chi connectivity index (χ1n) is 7.10. The van der Waals surface area contributed by atoms with E-state index in [0.29, 0.717) is 12.8 Å². The van der Waals surface area contributed by atoms with Gasteiger partial charge in [-0.1, -0.05) is 36.9 Å². The number of nitrogens with one attached hydrogen (secondary N) is 1. The average molecular weight is 311 g/mol. The van der Waals surface area contributed by atoms with Gasteiger partial charge in [-0.25, -0.2) is 4.39 Å². The van der Waals surface area contributed by atoms with Gasteiger partial charge in [0.1, 0.15) is 12.1 Å². The van der Waals surface area contributed by atoms with Crippen LogP contribution in [0.1, 0.15) is 32.1 Å². The Labute approximate surface area is 127 Å². The fourth-order valence-corrected chi connectivity index (χ4v) is 3.39. The van der Waals surface area contributed by atoms with E-state index in [1.165, 1.54) is 17.0 Å². The Morgan fingerprint density at radius 3 is 2.62 bits per heavy atom. The smallest absolute Gasteiger partial charge is 0.253 e. The number of nitrogens with zero attached hydrogens (tertiary/aromatic N) is 1. The minimum atomic E-state index is -0.873. The number of carbonyl (C=O) groups excluding carboxylic acids is 2. The van der Waals surface area contributed by atoms with E-state index < -0.39 is 11.4 Å². The molecule has 1 N–H and O–H groups in total. The molecule has 112 valence electrons. The van der Waals surface area contributed by atoms with Gasteiger partial charge in [-0.2, -0.15) is 0 Å². The minimum absolute atomic E-state index is 0.0519. The molecular weight excluding hydrogens is 295 g/mol. The normalized spacial score (nSPS) is 21.5. The molecule has 0 atom stereocenters. The molecule has 2 aliphatic rings. The molecule has 2 fully saturated rings. The lowest BCUT2D eigenvalue weighted by Gasteiger charge is -2.44. The first-order chi connectivity index (χ1) is 10.0. The van der Waals surface area contributed by atoms with E-state index in [4.69, 9.17) is 11.6 Å². The van der Waals surface area contributed by atoms with Crippen molar-refractivity contribution in [3.8, 4) is 0 Å². The molecule has 0 radical (unpaired) electrons. The third kappa shape index (κ3) is 2.39. The lowest BCUT2D eigenvalue weighted by Crippen LogP contribution is -2.67. The van der Waals surface area contributed by atoms with Crippen LogP contribution in [0.2, 0.25) is 5.02 Å². The monoisotopic (exact) mass is 310 g/mol. The summed E-state index contributed by atoms with van der Waals surface area (Å²) in [5.41, 5.74) is -0.796. The Morgan fingerprint density at radius 1 is 1.19 bits per heavy atom. The largest absolute Gasteiger partial charge is 0.340 e. The van der Waals surface area contributed by atoms with Crippen molar-refractivity contribution in [2.24, 2.45) is 0 Å². The van der Waals surface area contributed by atoms with Crippen molar-refractivity contribution in [1.29, 1.82) is 0 Å². The highest BCUT2D eigenvalue weighted by molar-refractivity contribution is 6.31. The zero-order valence-corrected chi connectivity index (χ0v) is 12.3. The third-order valence-electron chi connectivity index (χ3n) is 4.26. The third-order valence-corrected chi connectivity index (χ3v) is 4.56. The number of benzene rings is 1. The predicted molar refractivity (Wildman–Crippen MR) is 77.7 cm³/mol. The van der Waals surface area contributed by atoms with Gasteiger partial charge >= 0.3 is 0 Å². The maximum absolute atomic E-state index is 14.2. The molecule has 1 aromatic rings. The van der Waals surface area contributed by atoms with Crippen molar-refractivity contribution in [3.05, 3.63) is 29.0 Å². The van der Waals surface area contributed by atoms with Crippen molar-refractivity contribution in [1.82, 2.24) is 5.32 Å². The van der Waals surface area contributed by atoms with Crippen molar-refractivity contribution in [2.75, 3.05) is 11.4 Å². The van der Waals surface area contributed by atoms with Gasteiger partial charge in [-0.15, -0.1) is 0 Å². The highest BCUT2D eigenvalue weighted by atomic mass is 35.5. The molecule has 0 bridgehead atoms. The second-order valence-electron chi connectivity index (χ2n) is 5.66. The molecule has 0 aromatic heterocycles. The van der Waals surface area contributed by atoms with Crippen LogP contribution in [0.4, 0.5) is 10.1 Å². The number of piperazine rings is 1. The first kappa shape index (κ1) is 14.3. The lowest BCUT2D eigenvalue weighted by atomic mass is 9.79. The number of halogens is 2. The molecule has 0 unspecified atom stereocenters. The summed E-state index contributed by atoms with van der Waals surface area (Å²) in [6.45, 7) is -0.169. The maximum Gasteiger partial charge on any atom is 0.253 e. The minimum Gasteiger partial charge on any atom is -0.340 e. The molecule has 1 aliphatic heterocycles. The van der Waals surface area contributed by atoms with E-state index in [1.807, 2.05) is 0 Å². The molecule has 2 amide bonds. The van der Waals surface area contributed by atoms with Gasteiger partial charge < -0.3 is 5.32 Å². The molecule has 1 aromatic carbocycles. The van der Waals surface area contributed by atoms with E-state index in [2.05, 4.69) is 5.32 Å². The number of amides is 2. The van der Waals surface area contributed by atoms with Gasteiger partial charge in [0.15, 0.2) is 5.82 Å². The number of rotatable bonds is 1. The number of hydrogen-bond donors (Lipinski definition) is 1. The Hall–Kier alpha value is -1.62. The van der Waals surface area contributed by atoms with Crippen molar-refractivity contribution < 1.29 is 14.0 Å². The summed E-state index contributed by atoms with van der Waals surface area (Å²) in [7, 11) is 0. The molecule has 1 aliphatic carbocycles. The van der Waals surface area contributed by atoms with Crippen LogP contribution in [0, 0.1) is 5.82 Å². The first-order valence-corrected chi connectivity index (χ1v) is 7.48. The number of anilines is 1. The van der Waals surface area contributed by atoms with Crippen LogP contribution in [0.3, 0.4) is 0 Å². The van der Waals surface area contributed by atoms with Crippen LogP contribution in [-0.2, 0) is 9.59 Å². The summed E-state index contributed by atoms with van der Waals surface area (Å²) < 4.78 is 14.2. The van der Waals surface area contributed by atoms with E-state index in [9.17, 15) is 14.0 Å². The predicted octanol–water partition coefficient (Wildman–Crippen LogP) is 2.64. The van der Waals surface area contributed by atoms with Gasteiger partial charge in [0.05, 0.1) is 10.7 Å². The molecule has 6 heteroatoms. The number of hydrogen-bond acceptors (Lipinski definition) is 2. The van der Waals surface area contributed by atoms with Gasteiger partial charge in [-0.3, -0.25) is 14.5 Å². The van der Waals surface area contributed by atoms with Crippen molar-refractivity contribution >= 4 is 29.1 Å². The van der Waals surface area contributed by atoms with Gasteiger partial charge in [0.25, 0.3) is 5.91 Å². The molecular formula is C15H16ClFN2O2. The fraction of sp³-hybridized carbons (Fsp3) is 0.467. The van der Waals surface area contributed by atoms with E-state index >= 15 is 0 Å². The highest BCUT2D eigenvalue weighted by Crippen LogP contribution is 2.35. The molecule has 21 heavy (non-hydrogen) atoms. The van der Waals surface area contributed by atoms with E-state index in [-0.39, 0.29) is 29.1 Å². The summed E-state index contributed by atoms with van der Waals surface area (Å²) >= 11 is 5.78. The van der Waals surface area contributed by atoms with Crippen LogP contribution >= 0.6 is 11.6 Å². The van der Waals surface area contributed by atoms with E-state index in [1.54, 1.807) is 6.07 Å². The summed E-state index contributed by atoms with van der Waals surface area (Å²) in [5.74, 6) is -1.15. The zero-order valence-electron chi connectivity index (χ0n) is 11.5. The summed E-state index contributed by atoms with van der Waals surface area (Å²) in [6, 6.07) is 4.48. The van der Waals surface area contributed by atoms with Gasteiger partial charge in [-0.05, 0) is 25.0 Å². The Kier molecular flexibility index (Phi) is 3.61. The molecule has 1 spiro atoms. The Bertz CT molecular complexity index is 599. The second kappa shape index (κ2) is 5.30. The van der Waals surface area contributed by atoms with Gasteiger partial charge in [0, 0.05) is 0 Å². The van der Waals surface area contributed by atoms with Crippen LogP contribution < -0.4 is 10.2 Å². The topological polar surface area (TPSA) is 49.4 Å². The fourth-order valence-electron chi connectivity index (χ4n) is 3.22. The van der Waals surface area contributed by atoms with Gasteiger partial charge in [0.2, 0.25) is 5.91 Å². The Morgan fingerprint density at radius 2 is 1.90 bits per heavy atom. The molecule has 4 nitrogen and oxygen atoms in total. The van der Waals surface area contributed by atoms with Crippen LogP contribution in [0.15, 0.2) is 18.2 Å². The van der Waals surface area contributed by atoms with Crippen LogP contribution in [0.25, 0.3) is 0 Å². The lowest BCUT2D eigenvalue weighted by molar-refractivity contribution is -0.137. The molecule has 1 saturated carbocycles. The van der Waals surface area contributed by atoms with E-state index in [0.717, 1.165) is 19.3 Å². The maximum atomic E-state index is 14.2. The summed E-state index contributed by atoms with van der Waals surface area (Å²) in [6.07, 6.45) is 4.04. The van der Waals surface area contributed by atoms with Crippen LogP contribution in [0.5, 0.6) is 0 Å². The van der Waals surface area contributed by atoms with Crippen LogP contribution in [-0.4, -0.2) is 23.9 Å².